The third kappa shape index (κ3) is 4.35. The molecule has 0 saturated heterocycles. The molecule has 1 atom stereocenters. The first kappa shape index (κ1) is 19.1. The van der Waals surface area contributed by atoms with E-state index >= 15 is 0 Å². The van der Waals surface area contributed by atoms with Gasteiger partial charge in [-0.3, -0.25) is 9.59 Å². The molecule has 0 aliphatic rings. The highest BCUT2D eigenvalue weighted by molar-refractivity contribution is 6.39. The number of fused-ring (bicyclic) bond motifs is 1. The number of hydrogen-bond donors (Lipinski definition) is 2. The van der Waals surface area contributed by atoms with E-state index in [-0.39, 0.29) is 27.9 Å². The third-order valence-corrected chi connectivity index (χ3v) is 4.49. The maximum atomic E-state index is 12.3. The van der Waals surface area contributed by atoms with Crippen molar-refractivity contribution >= 4 is 51.7 Å². The fourth-order valence-electron chi connectivity index (χ4n) is 2.50. The van der Waals surface area contributed by atoms with Crippen molar-refractivity contribution in [2.75, 3.05) is 5.32 Å². The van der Waals surface area contributed by atoms with E-state index in [1.807, 2.05) is 0 Å². The summed E-state index contributed by atoms with van der Waals surface area (Å²) in [6, 6.07) is 9.41. The molecule has 2 N–H and O–H groups in total. The van der Waals surface area contributed by atoms with Gasteiger partial charge in [-0.05, 0) is 31.2 Å². The van der Waals surface area contributed by atoms with Crippen molar-refractivity contribution in [1.29, 1.82) is 0 Å². The number of aromatic hydroxyl groups is 1. The van der Waals surface area contributed by atoms with E-state index in [1.165, 1.54) is 25.3 Å². The first-order chi connectivity index (χ1) is 12.8. The number of halogens is 2. The normalized spacial score (nSPS) is 12.0. The Labute approximate surface area is 164 Å². The summed E-state index contributed by atoms with van der Waals surface area (Å²) >= 11 is 12.0. The van der Waals surface area contributed by atoms with Gasteiger partial charge in [0.1, 0.15) is 11.3 Å². The lowest BCUT2D eigenvalue weighted by atomic mass is 10.1. The van der Waals surface area contributed by atoms with Crippen LogP contribution in [0.1, 0.15) is 12.5 Å². The number of nitrogens with one attached hydrogen (secondary N) is 1. The minimum Gasteiger partial charge on any atom is -0.508 e. The number of carbonyl (C=O) groups is 2. The van der Waals surface area contributed by atoms with Crippen LogP contribution in [0.3, 0.4) is 0 Å². The predicted octanol–water partition coefficient (Wildman–Crippen LogP) is 4.56. The Kier molecular flexibility index (Phi) is 5.58. The van der Waals surface area contributed by atoms with Gasteiger partial charge in [0.2, 0.25) is 0 Å². The molecule has 27 heavy (non-hydrogen) atoms. The van der Waals surface area contributed by atoms with E-state index in [1.54, 1.807) is 24.3 Å². The van der Waals surface area contributed by atoms with Crippen LogP contribution in [0.5, 0.6) is 5.75 Å². The number of benzene rings is 2. The Hall–Kier alpha value is -2.70. The molecule has 8 heteroatoms. The average Bonchev–Trinajstić information content (AvgIpc) is 2.99. The number of amides is 1. The zero-order chi connectivity index (χ0) is 19.6. The SMILES string of the molecule is C[C@@H](OC(=O)Cc1coc2cc(O)ccc12)C(=O)Nc1c(Cl)cccc1Cl. The van der Waals surface area contributed by atoms with Crippen LogP contribution >= 0.6 is 23.2 Å². The molecule has 0 unspecified atom stereocenters. The second-order valence-corrected chi connectivity index (χ2v) is 6.65. The van der Waals surface area contributed by atoms with Crippen LogP contribution in [-0.4, -0.2) is 23.1 Å². The smallest absolute Gasteiger partial charge is 0.311 e. The summed E-state index contributed by atoms with van der Waals surface area (Å²) in [4.78, 5) is 24.4. The molecule has 0 spiro atoms. The largest absolute Gasteiger partial charge is 0.508 e. The zero-order valence-electron chi connectivity index (χ0n) is 14.2. The Morgan fingerprint density at radius 2 is 1.93 bits per heavy atom. The number of para-hydroxylation sites is 1. The molecule has 3 aromatic rings. The van der Waals surface area contributed by atoms with Gasteiger partial charge in [-0.2, -0.15) is 0 Å². The van der Waals surface area contributed by atoms with Gasteiger partial charge < -0.3 is 19.6 Å². The monoisotopic (exact) mass is 407 g/mol. The second-order valence-electron chi connectivity index (χ2n) is 5.84. The Bertz CT molecular complexity index is 994. The maximum Gasteiger partial charge on any atom is 0.311 e. The van der Waals surface area contributed by atoms with Gasteiger partial charge in [0.15, 0.2) is 6.10 Å². The molecule has 0 radical (unpaired) electrons. The molecule has 140 valence electrons. The number of ether oxygens (including phenoxy) is 1. The minimum atomic E-state index is -1.05. The van der Waals surface area contributed by atoms with Gasteiger partial charge in [-0.1, -0.05) is 29.3 Å². The van der Waals surface area contributed by atoms with Gasteiger partial charge in [-0.15, -0.1) is 0 Å². The molecule has 0 aliphatic heterocycles. The van der Waals surface area contributed by atoms with Crippen LogP contribution in [0.4, 0.5) is 5.69 Å². The molecule has 0 bridgehead atoms. The topological polar surface area (TPSA) is 88.8 Å². The lowest BCUT2D eigenvalue weighted by Gasteiger charge is -2.15. The molecule has 1 aromatic heterocycles. The number of phenols is 1. The van der Waals surface area contributed by atoms with Crippen molar-refractivity contribution < 1.29 is 23.8 Å². The van der Waals surface area contributed by atoms with E-state index in [0.29, 0.717) is 16.5 Å². The zero-order valence-corrected chi connectivity index (χ0v) is 15.7. The number of hydrogen-bond acceptors (Lipinski definition) is 5. The lowest BCUT2D eigenvalue weighted by molar-refractivity contribution is -0.152. The maximum absolute atomic E-state index is 12.3. The number of esters is 1. The molecule has 2 aromatic carbocycles. The van der Waals surface area contributed by atoms with Crippen LogP contribution in [0.15, 0.2) is 47.1 Å². The average molecular weight is 408 g/mol. The number of anilines is 1. The number of carbonyl (C=O) groups excluding carboxylic acids is 2. The number of phenolic OH excluding ortho intramolecular Hbond substituents is 1. The second kappa shape index (κ2) is 7.90. The standard InChI is InChI=1S/C19H15Cl2NO5/c1-10(19(25)22-18-14(20)3-2-4-15(18)21)27-17(24)7-11-9-26-16-8-12(23)5-6-13(11)16/h2-6,8-10,23H,7H2,1H3,(H,22,25)/t10-/m1/s1. The first-order valence-corrected chi connectivity index (χ1v) is 8.74. The van der Waals surface area contributed by atoms with Crippen molar-refractivity contribution in [3.05, 3.63) is 58.3 Å². The molecule has 0 saturated carbocycles. The van der Waals surface area contributed by atoms with Crippen LogP contribution < -0.4 is 5.32 Å². The fraction of sp³-hybridized carbons (Fsp3) is 0.158. The Balaban J connectivity index is 1.63. The summed E-state index contributed by atoms with van der Waals surface area (Å²) in [6.07, 6.45) is 0.286. The predicted molar refractivity (Wildman–Crippen MR) is 102 cm³/mol. The summed E-state index contributed by atoms with van der Waals surface area (Å²) in [5, 5.41) is 13.2. The Morgan fingerprint density at radius 1 is 1.22 bits per heavy atom. The highest BCUT2D eigenvalue weighted by atomic mass is 35.5. The van der Waals surface area contributed by atoms with Crippen molar-refractivity contribution in [2.24, 2.45) is 0 Å². The van der Waals surface area contributed by atoms with Gasteiger partial charge >= 0.3 is 5.97 Å². The summed E-state index contributed by atoms with van der Waals surface area (Å²) in [5.74, 6) is -1.09. The van der Waals surface area contributed by atoms with Gasteiger partial charge in [0, 0.05) is 17.0 Å². The summed E-state index contributed by atoms with van der Waals surface area (Å²) in [6.45, 7) is 1.45. The van der Waals surface area contributed by atoms with E-state index < -0.39 is 18.0 Å². The summed E-state index contributed by atoms with van der Waals surface area (Å²) in [7, 11) is 0. The summed E-state index contributed by atoms with van der Waals surface area (Å²) < 4.78 is 10.5. The third-order valence-electron chi connectivity index (χ3n) is 3.86. The van der Waals surface area contributed by atoms with Crippen molar-refractivity contribution in [2.45, 2.75) is 19.4 Å². The van der Waals surface area contributed by atoms with E-state index in [2.05, 4.69) is 5.32 Å². The summed E-state index contributed by atoms with van der Waals surface area (Å²) in [5.41, 5.74) is 1.31. The number of furan rings is 1. The molecule has 0 fully saturated rings. The van der Waals surface area contributed by atoms with E-state index in [9.17, 15) is 14.7 Å². The van der Waals surface area contributed by atoms with Gasteiger partial charge in [0.25, 0.3) is 5.91 Å². The van der Waals surface area contributed by atoms with Crippen molar-refractivity contribution in [3.8, 4) is 5.75 Å². The molecule has 0 aliphatic carbocycles. The number of rotatable bonds is 5. The molecule has 1 heterocycles. The molecular weight excluding hydrogens is 393 g/mol. The molecule has 1 amide bonds. The van der Waals surface area contributed by atoms with Crippen LogP contribution in [-0.2, 0) is 20.7 Å². The molecule has 6 nitrogen and oxygen atoms in total. The van der Waals surface area contributed by atoms with Crippen LogP contribution in [0, 0.1) is 0 Å². The lowest BCUT2D eigenvalue weighted by Crippen LogP contribution is -2.30. The fourth-order valence-corrected chi connectivity index (χ4v) is 2.99. The Morgan fingerprint density at radius 3 is 2.63 bits per heavy atom. The van der Waals surface area contributed by atoms with Crippen LogP contribution in [0.25, 0.3) is 11.0 Å². The quantitative estimate of drug-likeness (QED) is 0.605. The van der Waals surface area contributed by atoms with Crippen molar-refractivity contribution in [3.63, 3.8) is 0 Å². The van der Waals surface area contributed by atoms with E-state index in [0.717, 1.165) is 0 Å². The van der Waals surface area contributed by atoms with Crippen molar-refractivity contribution in [1.82, 2.24) is 0 Å². The first-order valence-electron chi connectivity index (χ1n) is 7.98. The van der Waals surface area contributed by atoms with Gasteiger partial charge in [-0.25, -0.2) is 0 Å². The highest BCUT2D eigenvalue weighted by Gasteiger charge is 2.21. The van der Waals surface area contributed by atoms with E-state index in [4.69, 9.17) is 32.4 Å². The molecule has 3 rings (SSSR count). The van der Waals surface area contributed by atoms with Crippen LogP contribution in [0.2, 0.25) is 10.0 Å². The minimum absolute atomic E-state index is 0.0644. The highest BCUT2D eigenvalue weighted by Crippen LogP contribution is 2.30. The van der Waals surface area contributed by atoms with Gasteiger partial charge in [0.05, 0.1) is 28.4 Å². The molecular formula is C19H15Cl2NO5.